The highest BCUT2D eigenvalue weighted by Crippen LogP contribution is 2.02. The number of fused-ring (bicyclic) bond motifs is 1. The summed E-state index contributed by atoms with van der Waals surface area (Å²) in [5, 5.41) is 8.58. The predicted molar refractivity (Wildman–Crippen MR) is 75.3 cm³/mol. The molecule has 2 rings (SSSR count). The van der Waals surface area contributed by atoms with Crippen LogP contribution in [0.3, 0.4) is 0 Å². The maximum atomic E-state index is 12.2. The molecule has 0 radical (unpaired) electrons. The minimum absolute atomic E-state index is 0.0213. The molecule has 110 valence electrons. The molecule has 21 heavy (non-hydrogen) atoms. The summed E-state index contributed by atoms with van der Waals surface area (Å²) in [6.45, 7) is 0.266. The fraction of sp³-hybridized carbons (Fsp3) is 0.286. The van der Waals surface area contributed by atoms with E-state index in [1.165, 1.54) is 22.5 Å². The summed E-state index contributed by atoms with van der Waals surface area (Å²) in [4.78, 5) is 40.3. The molecule has 2 aromatic heterocycles. The molecule has 1 N–H and O–H groups in total. The van der Waals surface area contributed by atoms with Crippen LogP contribution in [0.2, 0.25) is 0 Å². The minimum Gasteiger partial charge on any atom is -0.481 e. The van der Waals surface area contributed by atoms with Crippen LogP contribution in [0, 0.1) is 0 Å². The van der Waals surface area contributed by atoms with Gasteiger partial charge < -0.3 is 10.0 Å². The van der Waals surface area contributed by atoms with E-state index in [0.29, 0.717) is 12.1 Å². The number of aromatic nitrogens is 2. The quantitative estimate of drug-likeness (QED) is 0.871. The van der Waals surface area contributed by atoms with Gasteiger partial charge in [-0.25, -0.2) is 4.98 Å². The SMILES string of the molecule is CN(CCCC(=O)O)C(=O)c1cnc2ccccn2c1=O. The smallest absolute Gasteiger partial charge is 0.303 e. The summed E-state index contributed by atoms with van der Waals surface area (Å²) in [7, 11) is 1.53. The molecule has 0 aliphatic rings. The Hall–Kier alpha value is -2.70. The van der Waals surface area contributed by atoms with Crippen molar-refractivity contribution in [2.75, 3.05) is 13.6 Å². The number of pyridine rings is 1. The van der Waals surface area contributed by atoms with Crippen LogP contribution < -0.4 is 5.56 Å². The molecule has 0 bridgehead atoms. The van der Waals surface area contributed by atoms with E-state index in [4.69, 9.17) is 5.11 Å². The van der Waals surface area contributed by atoms with Gasteiger partial charge in [0.05, 0.1) is 0 Å². The van der Waals surface area contributed by atoms with Crippen molar-refractivity contribution >= 4 is 17.5 Å². The number of aliphatic carboxylic acids is 1. The van der Waals surface area contributed by atoms with Crippen LogP contribution in [0.4, 0.5) is 0 Å². The molecule has 2 aromatic rings. The molecule has 1 amide bonds. The van der Waals surface area contributed by atoms with Gasteiger partial charge >= 0.3 is 5.97 Å². The number of carbonyl (C=O) groups is 2. The van der Waals surface area contributed by atoms with Gasteiger partial charge in [0.1, 0.15) is 11.2 Å². The lowest BCUT2D eigenvalue weighted by molar-refractivity contribution is -0.137. The summed E-state index contributed by atoms with van der Waals surface area (Å²) in [5.41, 5.74) is -0.000195. The molecule has 0 spiro atoms. The lowest BCUT2D eigenvalue weighted by Gasteiger charge is -2.16. The predicted octanol–water partition coefficient (Wildman–Crippen LogP) is 0.631. The Bertz CT molecular complexity index is 738. The lowest BCUT2D eigenvalue weighted by Crippen LogP contribution is -2.34. The van der Waals surface area contributed by atoms with E-state index in [2.05, 4.69) is 4.98 Å². The summed E-state index contributed by atoms with van der Waals surface area (Å²) < 4.78 is 1.30. The Morgan fingerprint density at radius 1 is 1.38 bits per heavy atom. The van der Waals surface area contributed by atoms with Crippen molar-refractivity contribution in [2.24, 2.45) is 0 Å². The highest BCUT2D eigenvalue weighted by molar-refractivity contribution is 5.93. The number of rotatable bonds is 5. The molecule has 0 atom stereocenters. The summed E-state index contributed by atoms with van der Waals surface area (Å²) in [5.74, 6) is -1.38. The molecule has 0 saturated heterocycles. The zero-order chi connectivity index (χ0) is 15.4. The third-order valence-electron chi connectivity index (χ3n) is 3.07. The highest BCUT2D eigenvalue weighted by Gasteiger charge is 2.17. The molecule has 0 unspecified atom stereocenters. The maximum Gasteiger partial charge on any atom is 0.303 e. The molecule has 0 aromatic carbocycles. The standard InChI is InChI=1S/C14H15N3O4/c1-16(7-4-6-12(18)19)13(20)10-9-15-11-5-2-3-8-17(11)14(10)21/h2-3,5,8-9H,4,6-7H2,1H3,(H,18,19). The minimum atomic E-state index is -0.914. The molecular formula is C14H15N3O4. The normalized spacial score (nSPS) is 10.5. The largest absolute Gasteiger partial charge is 0.481 e. The number of hydrogen-bond acceptors (Lipinski definition) is 4. The van der Waals surface area contributed by atoms with Crippen LogP contribution in [0.5, 0.6) is 0 Å². The molecule has 7 heteroatoms. The number of amides is 1. The van der Waals surface area contributed by atoms with Gasteiger partial charge in [0.2, 0.25) is 0 Å². The van der Waals surface area contributed by atoms with Crippen molar-refractivity contribution in [3.8, 4) is 0 Å². The van der Waals surface area contributed by atoms with Crippen molar-refractivity contribution in [3.63, 3.8) is 0 Å². The topological polar surface area (TPSA) is 92.0 Å². The lowest BCUT2D eigenvalue weighted by atomic mass is 10.2. The molecule has 7 nitrogen and oxygen atoms in total. The number of carboxylic acid groups (broad SMARTS) is 1. The van der Waals surface area contributed by atoms with Gasteiger partial charge in [-0.3, -0.25) is 18.8 Å². The zero-order valence-corrected chi connectivity index (χ0v) is 11.5. The van der Waals surface area contributed by atoms with E-state index in [1.54, 1.807) is 24.4 Å². The first-order valence-corrected chi connectivity index (χ1v) is 6.44. The van der Waals surface area contributed by atoms with E-state index >= 15 is 0 Å². The zero-order valence-electron chi connectivity index (χ0n) is 11.5. The van der Waals surface area contributed by atoms with Crippen molar-refractivity contribution in [3.05, 3.63) is 46.5 Å². The van der Waals surface area contributed by atoms with E-state index < -0.39 is 17.4 Å². The Morgan fingerprint density at radius 2 is 2.14 bits per heavy atom. The maximum absolute atomic E-state index is 12.2. The van der Waals surface area contributed by atoms with Gasteiger partial charge in [0.15, 0.2) is 0 Å². The van der Waals surface area contributed by atoms with Crippen molar-refractivity contribution < 1.29 is 14.7 Å². The van der Waals surface area contributed by atoms with Crippen molar-refractivity contribution in [1.29, 1.82) is 0 Å². The third-order valence-corrected chi connectivity index (χ3v) is 3.07. The van der Waals surface area contributed by atoms with E-state index in [0.717, 1.165) is 0 Å². The molecular weight excluding hydrogens is 274 g/mol. The Labute approximate surface area is 120 Å². The fourth-order valence-electron chi connectivity index (χ4n) is 1.95. The van der Waals surface area contributed by atoms with E-state index in [-0.39, 0.29) is 18.5 Å². The fourth-order valence-corrected chi connectivity index (χ4v) is 1.95. The van der Waals surface area contributed by atoms with Gasteiger partial charge in [-0.15, -0.1) is 0 Å². The molecule has 0 aliphatic heterocycles. The van der Waals surface area contributed by atoms with Crippen LogP contribution in [-0.4, -0.2) is 44.9 Å². The van der Waals surface area contributed by atoms with E-state index in [9.17, 15) is 14.4 Å². The van der Waals surface area contributed by atoms with Crippen LogP contribution in [-0.2, 0) is 4.79 Å². The van der Waals surface area contributed by atoms with Gasteiger partial charge in [-0.1, -0.05) is 6.07 Å². The number of carboxylic acids is 1. The highest BCUT2D eigenvalue weighted by atomic mass is 16.4. The Morgan fingerprint density at radius 3 is 2.86 bits per heavy atom. The first-order chi connectivity index (χ1) is 10.0. The third kappa shape index (κ3) is 3.25. The Balaban J connectivity index is 2.21. The van der Waals surface area contributed by atoms with Crippen LogP contribution in [0.1, 0.15) is 23.2 Å². The van der Waals surface area contributed by atoms with Crippen molar-refractivity contribution in [1.82, 2.24) is 14.3 Å². The second kappa shape index (κ2) is 6.17. The summed E-state index contributed by atoms with van der Waals surface area (Å²) >= 11 is 0. The molecule has 0 fully saturated rings. The number of nitrogens with zero attached hydrogens (tertiary/aromatic N) is 3. The summed E-state index contributed by atoms with van der Waals surface area (Å²) in [6.07, 6.45) is 3.12. The first kappa shape index (κ1) is 14.7. The molecule has 2 heterocycles. The molecule has 0 saturated carbocycles. The van der Waals surface area contributed by atoms with Gasteiger partial charge in [0, 0.05) is 32.4 Å². The average molecular weight is 289 g/mol. The number of carbonyl (C=O) groups excluding carboxylic acids is 1. The van der Waals surface area contributed by atoms with Crippen LogP contribution in [0.25, 0.3) is 5.65 Å². The van der Waals surface area contributed by atoms with Crippen LogP contribution in [0.15, 0.2) is 35.4 Å². The first-order valence-electron chi connectivity index (χ1n) is 6.44. The number of hydrogen-bond donors (Lipinski definition) is 1. The summed E-state index contributed by atoms with van der Waals surface area (Å²) in [6, 6.07) is 5.11. The molecule has 0 aliphatic carbocycles. The van der Waals surface area contributed by atoms with Crippen LogP contribution >= 0.6 is 0 Å². The second-order valence-corrected chi connectivity index (χ2v) is 4.63. The van der Waals surface area contributed by atoms with Gasteiger partial charge in [-0.2, -0.15) is 0 Å². The Kier molecular flexibility index (Phi) is 4.32. The van der Waals surface area contributed by atoms with Crippen molar-refractivity contribution in [2.45, 2.75) is 12.8 Å². The van der Waals surface area contributed by atoms with E-state index in [1.807, 2.05) is 0 Å². The van der Waals surface area contributed by atoms with Gasteiger partial charge in [0.25, 0.3) is 11.5 Å². The average Bonchev–Trinajstić information content (AvgIpc) is 2.47. The van der Waals surface area contributed by atoms with Gasteiger partial charge in [-0.05, 0) is 18.6 Å². The monoisotopic (exact) mass is 289 g/mol. The second-order valence-electron chi connectivity index (χ2n) is 4.63.